The summed E-state index contributed by atoms with van der Waals surface area (Å²) in [5.41, 5.74) is 1.99. The van der Waals surface area contributed by atoms with Crippen molar-refractivity contribution in [3.05, 3.63) is 61.0 Å². The molecular formula is C13H9Br2Cl2N. The highest BCUT2D eigenvalue weighted by Gasteiger charge is 2.04. The molecule has 0 saturated heterocycles. The van der Waals surface area contributed by atoms with Crippen molar-refractivity contribution in [2.24, 2.45) is 0 Å². The summed E-state index contributed by atoms with van der Waals surface area (Å²) in [5, 5.41) is 4.37. The number of rotatable bonds is 3. The number of halogens is 4. The van der Waals surface area contributed by atoms with E-state index in [1.807, 2.05) is 24.3 Å². The first-order valence-electron chi connectivity index (χ1n) is 5.20. The quantitative estimate of drug-likeness (QED) is 0.642. The number of benzene rings is 2. The first kappa shape index (κ1) is 14.2. The van der Waals surface area contributed by atoms with Gasteiger partial charge in [0.1, 0.15) is 0 Å². The fourth-order valence-corrected chi connectivity index (χ4v) is 2.53. The van der Waals surface area contributed by atoms with Crippen LogP contribution in [-0.4, -0.2) is 0 Å². The molecule has 1 N–H and O–H groups in total. The molecule has 0 aliphatic rings. The van der Waals surface area contributed by atoms with Crippen LogP contribution in [0.5, 0.6) is 0 Å². The van der Waals surface area contributed by atoms with E-state index in [-0.39, 0.29) is 0 Å². The van der Waals surface area contributed by atoms with Crippen molar-refractivity contribution in [3.63, 3.8) is 0 Å². The van der Waals surface area contributed by atoms with Crippen molar-refractivity contribution in [1.29, 1.82) is 0 Å². The Hall–Kier alpha value is -0.220. The van der Waals surface area contributed by atoms with Gasteiger partial charge in [-0.1, -0.05) is 35.3 Å². The van der Waals surface area contributed by atoms with E-state index in [4.69, 9.17) is 23.2 Å². The molecule has 0 heterocycles. The molecule has 0 spiro atoms. The highest BCUT2D eigenvalue weighted by Crippen LogP contribution is 2.30. The SMILES string of the molecule is Clc1cccc(NCc2ccc(Br)c(Br)c2)c1Cl. The third-order valence-electron chi connectivity index (χ3n) is 2.42. The average Bonchev–Trinajstić information content (AvgIpc) is 2.35. The molecule has 2 rings (SSSR count). The molecule has 0 atom stereocenters. The maximum atomic E-state index is 6.10. The maximum absolute atomic E-state index is 6.10. The Labute approximate surface area is 133 Å². The predicted molar refractivity (Wildman–Crippen MR) is 85.6 cm³/mol. The minimum Gasteiger partial charge on any atom is -0.380 e. The standard InChI is InChI=1S/C13H9Br2Cl2N/c14-9-5-4-8(6-10(9)15)7-18-12-3-1-2-11(16)13(12)17/h1-6,18H,7H2. The van der Waals surface area contributed by atoms with Gasteiger partial charge in [-0.25, -0.2) is 0 Å². The van der Waals surface area contributed by atoms with Crippen molar-refractivity contribution in [1.82, 2.24) is 0 Å². The van der Waals surface area contributed by atoms with Gasteiger partial charge >= 0.3 is 0 Å². The van der Waals surface area contributed by atoms with E-state index in [1.165, 1.54) is 0 Å². The van der Waals surface area contributed by atoms with Crippen LogP contribution in [-0.2, 0) is 6.54 Å². The predicted octanol–water partition coefficient (Wildman–Crippen LogP) is 6.13. The molecule has 0 aliphatic carbocycles. The second kappa shape index (κ2) is 6.29. The van der Waals surface area contributed by atoms with Crippen molar-refractivity contribution in [2.45, 2.75) is 6.54 Å². The van der Waals surface area contributed by atoms with Crippen LogP contribution in [0.1, 0.15) is 5.56 Å². The minimum absolute atomic E-state index is 0.551. The zero-order valence-electron chi connectivity index (χ0n) is 9.18. The van der Waals surface area contributed by atoms with Crippen LogP contribution < -0.4 is 5.32 Å². The van der Waals surface area contributed by atoms with Crippen molar-refractivity contribution < 1.29 is 0 Å². The number of anilines is 1. The van der Waals surface area contributed by atoms with Gasteiger partial charge in [-0.05, 0) is 61.7 Å². The van der Waals surface area contributed by atoms with Crippen LogP contribution in [0.2, 0.25) is 10.0 Å². The molecule has 94 valence electrons. The lowest BCUT2D eigenvalue weighted by atomic mass is 10.2. The largest absolute Gasteiger partial charge is 0.380 e. The molecule has 18 heavy (non-hydrogen) atoms. The van der Waals surface area contributed by atoms with E-state index in [1.54, 1.807) is 6.07 Å². The summed E-state index contributed by atoms with van der Waals surface area (Å²) in [5.74, 6) is 0. The van der Waals surface area contributed by atoms with Crippen molar-refractivity contribution in [2.75, 3.05) is 5.32 Å². The van der Waals surface area contributed by atoms with E-state index in [0.29, 0.717) is 16.6 Å². The highest BCUT2D eigenvalue weighted by atomic mass is 79.9. The first-order valence-corrected chi connectivity index (χ1v) is 7.54. The molecule has 0 amide bonds. The topological polar surface area (TPSA) is 12.0 Å². The molecular weight excluding hydrogens is 401 g/mol. The lowest BCUT2D eigenvalue weighted by Crippen LogP contribution is -2.00. The lowest BCUT2D eigenvalue weighted by Gasteiger charge is -2.10. The lowest BCUT2D eigenvalue weighted by molar-refractivity contribution is 1.14. The van der Waals surface area contributed by atoms with E-state index in [9.17, 15) is 0 Å². The minimum atomic E-state index is 0.551. The third-order valence-corrected chi connectivity index (χ3v) is 5.12. The zero-order valence-corrected chi connectivity index (χ0v) is 13.9. The zero-order chi connectivity index (χ0) is 13.1. The van der Waals surface area contributed by atoms with Crippen LogP contribution in [0.25, 0.3) is 0 Å². The Bertz CT molecular complexity index is 573. The second-order valence-electron chi connectivity index (χ2n) is 3.70. The molecule has 2 aromatic carbocycles. The summed E-state index contributed by atoms with van der Waals surface area (Å²) >= 11 is 19.0. The van der Waals surface area contributed by atoms with Gasteiger partial charge in [-0.15, -0.1) is 0 Å². The number of hydrogen-bond donors (Lipinski definition) is 1. The average molecular weight is 410 g/mol. The van der Waals surface area contributed by atoms with Crippen LogP contribution >= 0.6 is 55.1 Å². The Kier molecular flexibility index (Phi) is 4.96. The molecule has 0 radical (unpaired) electrons. The number of hydrogen-bond acceptors (Lipinski definition) is 1. The molecule has 0 bridgehead atoms. The van der Waals surface area contributed by atoms with Crippen LogP contribution in [0.3, 0.4) is 0 Å². The summed E-state index contributed by atoms with van der Waals surface area (Å²) in [4.78, 5) is 0. The van der Waals surface area contributed by atoms with Crippen LogP contribution in [0, 0.1) is 0 Å². The second-order valence-corrected chi connectivity index (χ2v) is 6.20. The number of nitrogens with one attached hydrogen (secondary N) is 1. The smallest absolute Gasteiger partial charge is 0.0823 e. The summed E-state index contributed by atoms with van der Waals surface area (Å²) in [6, 6.07) is 11.6. The summed E-state index contributed by atoms with van der Waals surface area (Å²) < 4.78 is 2.06. The van der Waals surface area contributed by atoms with Gasteiger partial charge in [0.15, 0.2) is 0 Å². The van der Waals surface area contributed by atoms with Gasteiger partial charge in [0.2, 0.25) is 0 Å². The normalized spacial score (nSPS) is 10.4. The van der Waals surface area contributed by atoms with Crippen molar-refractivity contribution >= 4 is 60.7 Å². The van der Waals surface area contributed by atoms with E-state index < -0.39 is 0 Å². The van der Waals surface area contributed by atoms with E-state index in [2.05, 4.69) is 43.2 Å². The van der Waals surface area contributed by atoms with Crippen molar-refractivity contribution in [3.8, 4) is 0 Å². The molecule has 0 fully saturated rings. The highest BCUT2D eigenvalue weighted by molar-refractivity contribution is 9.13. The molecule has 0 aromatic heterocycles. The van der Waals surface area contributed by atoms with Gasteiger partial charge in [-0.3, -0.25) is 0 Å². The third kappa shape index (κ3) is 3.41. The summed E-state index contributed by atoms with van der Waals surface area (Å²) in [6.07, 6.45) is 0. The fraction of sp³-hybridized carbons (Fsp3) is 0.0769. The van der Waals surface area contributed by atoms with Gasteiger partial charge in [0.05, 0.1) is 15.7 Å². The van der Waals surface area contributed by atoms with Gasteiger partial charge < -0.3 is 5.32 Å². The fourth-order valence-electron chi connectivity index (χ4n) is 1.49. The Morgan fingerprint density at radius 1 is 1.00 bits per heavy atom. The summed E-state index contributed by atoms with van der Waals surface area (Å²) in [7, 11) is 0. The molecule has 0 aliphatic heterocycles. The Morgan fingerprint density at radius 2 is 1.78 bits per heavy atom. The molecule has 0 saturated carbocycles. The van der Waals surface area contributed by atoms with E-state index in [0.717, 1.165) is 20.2 Å². The van der Waals surface area contributed by atoms with Gasteiger partial charge in [-0.2, -0.15) is 0 Å². The van der Waals surface area contributed by atoms with Gasteiger partial charge in [0.25, 0.3) is 0 Å². The molecule has 5 heteroatoms. The Morgan fingerprint density at radius 3 is 2.50 bits per heavy atom. The van der Waals surface area contributed by atoms with Crippen LogP contribution in [0.15, 0.2) is 45.3 Å². The van der Waals surface area contributed by atoms with Gasteiger partial charge in [0, 0.05) is 15.5 Å². The first-order chi connectivity index (χ1) is 8.58. The van der Waals surface area contributed by atoms with Crippen LogP contribution in [0.4, 0.5) is 5.69 Å². The molecule has 0 unspecified atom stereocenters. The molecule has 2 aromatic rings. The maximum Gasteiger partial charge on any atom is 0.0823 e. The van der Waals surface area contributed by atoms with E-state index >= 15 is 0 Å². The Balaban J connectivity index is 2.11. The monoisotopic (exact) mass is 407 g/mol. The molecule has 1 nitrogen and oxygen atoms in total. The summed E-state index contributed by atoms with van der Waals surface area (Å²) in [6.45, 7) is 0.686.